The fourth-order valence-electron chi connectivity index (χ4n) is 4.89. The third kappa shape index (κ3) is 4.62. The molecule has 2 aliphatic rings. The molecule has 0 amide bonds. The van der Waals surface area contributed by atoms with E-state index in [-0.39, 0.29) is 23.2 Å². The molecule has 1 aromatic rings. The maximum atomic E-state index is 12.8. The highest BCUT2D eigenvalue weighted by Gasteiger charge is 2.40. The highest BCUT2D eigenvalue weighted by molar-refractivity contribution is 5.98. The van der Waals surface area contributed by atoms with E-state index in [1.165, 1.54) is 0 Å². The average Bonchev–Trinajstić information content (AvgIpc) is 2.73. The molecule has 0 radical (unpaired) electrons. The zero-order valence-corrected chi connectivity index (χ0v) is 16.6. The van der Waals surface area contributed by atoms with Gasteiger partial charge in [-0.1, -0.05) is 19.1 Å². The van der Waals surface area contributed by atoms with Crippen LogP contribution in [0, 0.1) is 29.1 Å². The summed E-state index contributed by atoms with van der Waals surface area (Å²) in [6.45, 7) is 2.66. The summed E-state index contributed by atoms with van der Waals surface area (Å²) in [6, 6.07) is 8.99. The van der Waals surface area contributed by atoms with Gasteiger partial charge in [0.05, 0.1) is 17.6 Å². The van der Waals surface area contributed by atoms with Crippen LogP contribution < -0.4 is 5.32 Å². The van der Waals surface area contributed by atoms with Gasteiger partial charge in [0.2, 0.25) is 0 Å². The molecule has 3 rings (SSSR count). The Balaban J connectivity index is 1.50. The number of hydrogen-bond acceptors (Lipinski definition) is 4. The minimum atomic E-state index is -0.664. The van der Waals surface area contributed by atoms with Crippen LogP contribution in [-0.2, 0) is 4.79 Å². The Hall–Kier alpha value is -2.19. The summed E-state index contributed by atoms with van der Waals surface area (Å²) in [7, 11) is 0. The number of benzene rings is 1. The molecule has 1 saturated carbocycles. The van der Waals surface area contributed by atoms with Crippen molar-refractivity contribution in [3.63, 3.8) is 0 Å². The van der Waals surface area contributed by atoms with E-state index in [2.05, 4.69) is 11.4 Å². The van der Waals surface area contributed by atoms with E-state index in [9.17, 15) is 14.7 Å². The molecule has 2 fully saturated rings. The van der Waals surface area contributed by atoms with Crippen LogP contribution in [0.15, 0.2) is 24.3 Å². The number of aliphatic carboxylic acids is 1. The lowest BCUT2D eigenvalue weighted by Gasteiger charge is -2.46. The first kappa shape index (κ1) is 20.5. The van der Waals surface area contributed by atoms with Crippen LogP contribution in [0.5, 0.6) is 0 Å². The van der Waals surface area contributed by atoms with Crippen molar-refractivity contribution in [1.29, 1.82) is 5.26 Å². The summed E-state index contributed by atoms with van der Waals surface area (Å²) < 4.78 is 0. The van der Waals surface area contributed by atoms with Gasteiger partial charge in [0.15, 0.2) is 5.78 Å². The van der Waals surface area contributed by atoms with E-state index in [0.717, 1.165) is 44.9 Å². The number of rotatable bonds is 6. The average molecular weight is 383 g/mol. The van der Waals surface area contributed by atoms with Crippen molar-refractivity contribution in [3.05, 3.63) is 35.4 Å². The number of nitrogens with one attached hydrogen (secondary N) is 1. The molecule has 1 heterocycles. The third-order valence-corrected chi connectivity index (χ3v) is 6.89. The Morgan fingerprint density at radius 3 is 2.36 bits per heavy atom. The number of carboxylic acid groups (broad SMARTS) is 1. The molecule has 1 aliphatic heterocycles. The Kier molecular flexibility index (Phi) is 6.51. The van der Waals surface area contributed by atoms with Crippen LogP contribution in [0.3, 0.4) is 0 Å². The number of nitrogens with zero attached hydrogens (tertiary/aromatic N) is 1. The van der Waals surface area contributed by atoms with E-state index in [1.807, 2.05) is 6.92 Å². The lowest BCUT2D eigenvalue weighted by atomic mass is 9.69. The smallest absolute Gasteiger partial charge is 0.306 e. The Morgan fingerprint density at radius 1 is 1.21 bits per heavy atom. The van der Waals surface area contributed by atoms with Gasteiger partial charge in [-0.05, 0) is 69.4 Å². The number of nitriles is 1. The highest BCUT2D eigenvalue weighted by Crippen LogP contribution is 2.41. The lowest BCUT2D eigenvalue weighted by molar-refractivity contribution is -0.142. The van der Waals surface area contributed by atoms with E-state index in [4.69, 9.17) is 5.26 Å². The fraction of sp³-hybridized carbons (Fsp3) is 0.609. The topological polar surface area (TPSA) is 90.2 Å². The second-order valence-corrected chi connectivity index (χ2v) is 8.57. The van der Waals surface area contributed by atoms with Gasteiger partial charge in [-0.25, -0.2) is 0 Å². The minimum Gasteiger partial charge on any atom is -0.481 e. The molecule has 1 spiro atoms. The van der Waals surface area contributed by atoms with Crippen LogP contribution in [0.1, 0.15) is 74.2 Å². The van der Waals surface area contributed by atoms with E-state index in [0.29, 0.717) is 30.0 Å². The van der Waals surface area contributed by atoms with Crippen molar-refractivity contribution in [2.75, 3.05) is 6.54 Å². The van der Waals surface area contributed by atoms with Gasteiger partial charge in [0.1, 0.15) is 0 Å². The summed E-state index contributed by atoms with van der Waals surface area (Å²) >= 11 is 0. The number of carboxylic acids is 1. The lowest BCUT2D eigenvalue weighted by Crippen LogP contribution is -2.54. The molecular weight excluding hydrogens is 352 g/mol. The fourth-order valence-corrected chi connectivity index (χ4v) is 4.89. The highest BCUT2D eigenvalue weighted by atomic mass is 16.4. The summed E-state index contributed by atoms with van der Waals surface area (Å²) in [6.07, 6.45) is 7.69. The molecular formula is C23H30N2O3. The standard InChI is InChI=1S/C23H30N2O3/c1-2-18(22(27)28)13-16-7-10-23(11-8-16)12-9-20(15-25-23)21(26)19-5-3-17(14-24)4-6-19/h3-6,16,18,20,25H,2,7-13,15H2,1H3,(H,27,28). The van der Waals surface area contributed by atoms with Gasteiger partial charge in [-0.15, -0.1) is 0 Å². The zero-order chi connectivity index (χ0) is 20.1. The van der Waals surface area contributed by atoms with Crippen LogP contribution >= 0.6 is 0 Å². The number of piperidine rings is 1. The van der Waals surface area contributed by atoms with Crippen molar-refractivity contribution in [2.24, 2.45) is 17.8 Å². The maximum Gasteiger partial charge on any atom is 0.306 e. The van der Waals surface area contributed by atoms with Gasteiger partial charge >= 0.3 is 5.97 Å². The first-order chi connectivity index (χ1) is 13.5. The summed E-state index contributed by atoms with van der Waals surface area (Å²) in [5, 5.41) is 21.9. The molecule has 2 N–H and O–H groups in total. The summed E-state index contributed by atoms with van der Waals surface area (Å²) in [4.78, 5) is 24.1. The van der Waals surface area contributed by atoms with Gasteiger partial charge < -0.3 is 10.4 Å². The van der Waals surface area contributed by atoms with Gasteiger partial charge in [0.25, 0.3) is 0 Å². The van der Waals surface area contributed by atoms with Crippen molar-refractivity contribution in [1.82, 2.24) is 5.32 Å². The SMILES string of the molecule is CCC(CC1CCC2(CC1)CCC(C(=O)c1ccc(C#N)cc1)CN2)C(=O)O. The van der Waals surface area contributed by atoms with Crippen LogP contribution in [0.4, 0.5) is 0 Å². The third-order valence-electron chi connectivity index (χ3n) is 6.89. The number of carbonyl (C=O) groups is 2. The van der Waals surface area contributed by atoms with Crippen molar-refractivity contribution >= 4 is 11.8 Å². The molecule has 2 unspecified atom stereocenters. The quantitative estimate of drug-likeness (QED) is 0.721. The Morgan fingerprint density at radius 2 is 1.86 bits per heavy atom. The second kappa shape index (κ2) is 8.87. The maximum absolute atomic E-state index is 12.8. The molecule has 1 saturated heterocycles. The van der Waals surface area contributed by atoms with E-state index >= 15 is 0 Å². The predicted octanol–water partition coefficient (Wildman–Crippen LogP) is 4.17. The van der Waals surface area contributed by atoms with Gasteiger partial charge in [-0.3, -0.25) is 9.59 Å². The summed E-state index contributed by atoms with van der Waals surface area (Å²) in [5.74, 6) is -0.220. The second-order valence-electron chi connectivity index (χ2n) is 8.57. The normalized spacial score (nSPS) is 28.4. The van der Waals surface area contributed by atoms with Crippen LogP contribution in [-0.4, -0.2) is 28.9 Å². The molecule has 0 aromatic heterocycles. The van der Waals surface area contributed by atoms with Gasteiger partial charge in [-0.2, -0.15) is 5.26 Å². The zero-order valence-electron chi connectivity index (χ0n) is 16.6. The number of Topliss-reactive ketones (excluding diaryl/α,β-unsaturated/α-hetero) is 1. The van der Waals surface area contributed by atoms with Crippen molar-refractivity contribution in [2.45, 2.75) is 63.8 Å². The first-order valence-electron chi connectivity index (χ1n) is 10.5. The van der Waals surface area contributed by atoms with E-state index < -0.39 is 5.97 Å². The predicted molar refractivity (Wildman–Crippen MR) is 107 cm³/mol. The van der Waals surface area contributed by atoms with Gasteiger partial charge in [0, 0.05) is 23.6 Å². The Labute approximate surface area is 167 Å². The van der Waals surface area contributed by atoms with Crippen molar-refractivity contribution < 1.29 is 14.7 Å². The molecule has 1 aromatic carbocycles. The molecule has 150 valence electrons. The molecule has 28 heavy (non-hydrogen) atoms. The molecule has 5 heteroatoms. The van der Waals surface area contributed by atoms with Crippen LogP contribution in [0.2, 0.25) is 0 Å². The summed E-state index contributed by atoms with van der Waals surface area (Å²) in [5.41, 5.74) is 1.38. The number of ketones is 1. The largest absolute Gasteiger partial charge is 0.481 e. The number of carbonyl (C=O) groups excluding carboxylic acids is 1. The minimum absolute atomic E-state index is 0.00670. The van der Waals surface area contributed by atoms with Crippen molar-refractivity contribution in [3.8, 4) is 6.07 Å². The van der Waals surface area contributed by atoms with Crippen LogP contribution in [0.25, 0.3) is 0 Å². The Bertz CT molecular complexity index is 732. The molecule has 0 bridgehead atoms. The molecule has 5 nitrogen and oxygen atoms in total. The number of hydrogen-bond donors (Lipinski definition) is 2. The molecule has 2 atom stereocenters. The first-order valence-corrected chi connectivity index (χ1v) is 10.5. The monoisotopic (exact) mass is 382 g/mol. The van der Waals surface area contributed by atoms with E-state index in [1.54, 1.807) is 24.3 Å². The molecule has 1 aliphatic carbocycles.